The van der Waals surface area contributed by atoms with Gasteiger partial charge in [0.1, 0.15) is 6.04 Å². The highest BCUT2D eigenvalue weighted by Gasteiger charge is 2.15. The zero-order valence-electron chi connectivity index (χ0n) is 9.52. The molecule has 1 rings (SSSR count). The van der Waals surface area contributed by atoms with Gasteiger partial charge in [-0.25, -0.2) is 4.68 Å². The van der Waals surface area contributed by atoms with Crippen LogP contribution in [-0.4, -0.2) is 20.8 Å². The van der Waals surface area contributed by atoms with Crippen LogP contribution in [0.3, 0.4) is 0 Å². The number of unbranched alkanes of at least 4 members (excludes halogenated alkanes) is 3. The van der Waals surface area contributed by atoms with E-state index in [2.05, 4.69) is 17.2 Å². The molecule has 0 fully saturated rings. The number of carbonyl (C=O) groups excluding carboxylic acids is 1. The van der Waals surface area contributed by atoms with Gasteiger partial charge in [-0.15, -0.1) is 5.10 Å². The summed E-state index contributed by atoms with van der Waals surface area (Å²) in [5.74, 6) is 0.164. The zero-order valence-corrected chi connectivity index (χ0v) is 9.52. The van der Waals surface area contributed by atoms with E-state index in [-0.39, 0.29) is 11.8 Å². The van der Waals surface area contributed by atoms with Crippen molar-refractivity contribution in [3.63, 3.8) is 0 Å². The van der Waals surface area contributed by atoms with E-state index < -0.39 is 0 Å². The van der Waals surface area contributed by atoms with Gasteiger partial charge in [0.2, 0.25) is 0 Å². The molecule has 1 heterocycles. The lowest BCUT2D eigenvalue weighted by Crippen LogP contribution is -2.17. The molecule has 0 aromatic carbocycles. The maximum atomic E-state index is 11.4. The summed E-state index contributed by atoms with van der Waals surface area (Å²) >= 11 is 0. The number of nitrogens with zero attached hydrogens (tertiary/aromatic N) is 3. The smallest absolute Gasteiger partial charge is 0.154 e. The second-order valence-electron chi connectivity index (χ2n) is 3.86. The van der Waals surface area contributed by atoms with Gasteiger partial charge in [-0.1, -0.05) is 37.8 Å². The van der Waals surface area contributed by atoms with Gasteiger partial charge < -0.3 is 0 Å². The van der Waals surface area contributed by atoms with Crippen molar-refractivity contribution in [3.05, 3.63) is 12.4 Å². The molecule has 0 aliphatic heterocycles. The third-order valence-corrected chi connectivity index (χ3v) is 2.56. The Labute approximate surface area is 90.7 Å². The Morgan fingerprint density at radius 1 is 1.40 bits per heavy atom. The molecule has 1 aromatic heterocycles. The Bertz CT molecular complexity index is 282. The minimum atomic E-state index is -0.121. The van der Waals surface area contributed by atoms with E-state index in [0.29, 0.717) is 0 Å². The molecule has 1 aromatic rings. The largest absolute Gasteiger partial charge is 0.298 e. The van der Waals surface area contributed by atoms with Gasteiger partial charge in [0, 0.05) is 6.20 Å². The van der Waals surface area contributed by atoms with E-state index in [1.165, 1.54) is 19.3 Å². The van der Waals surface area contributed by atoms with Crippen LogP contribution in [0, 0.1) is 0 Å². The summed E-state index contributed by atoms with van der Waals surface area (Å²) in [4.78, 5) is 11.4. The average Bonchev–Trinajstić information content (AvgIpc) is 2.70. The molecule has 1 atom stereocenters. The van der Waals surface area contributed by atoms with Crippen LogP contribution in [-0.2, 0) is 4.79 Å². The van der Waals surface area contributed by atoms with Crippen molar-refractivity contribution in [1.29, 1.82) is 0 Å². The monoisotopic (exact) mass is 209 g/mol. The molecule has 0 spiro atoms. The molecule has 4 nitrogen and oxygen atoms in total. The van der Waals surface area contributed by atoms with Gasteiger partial charge in [0.15, 0.2) is 5.78 Å². The molecule has 0 saturated carbocycles. The molecule has 0 N–H and O–H groups in total. The molecule has 0 saturated heterocycles. The third-order valence-electron chi connectivity index (χ3n) is 2.56. The van der Waals surface area contributed by atoms with Gasteiger partial charge >= 0.3 is 0 Å². The molecule has 1 unspecified atom stereocenters. The maximum absolute atomic E-state index is 11.4. The Hall–Kier alpha value is -1.19. The summed E-state index contributed by atoms with van der Waals surface area (Å²) < 4.78 is 1.66. The molecule has 0 aliphatic rings. The van der Waals surface area contributed by atoms with Crippen molar-refractivity contribution in [1.82, 2.24) is 15.0 Å². The normalized spacial score (nSPS) is 12.7. The van der Waals surface area contributed by atoms with Gasteiger partial charge in [-0.05, 0) is 13.3 Å². The van der Waals surface area contributed by atoms with Crippen LogP contribution in [0.5, 0.6) is 0 Å². The molecule has 15 heavy (non-hydrogen) atoms. The van der Waals surface area contributed by atoms with Crippen LogP contribution in [0.25, 0.3) is 0 Å². The van der Waals surface area contributed by atoms with Crippen molar-refractivity contribution in [2.75, 3.05) is 0 Å². The summed E-state index contributed by atoms with van der Waals surface area (Å²) in [6.07, 6.45) is 8.97. The average molecular weight is 209 g/mol. The molecular formula is C11H19N3O. The van der Waals surface area contributed by atoms with Crippen molar-refractivity contribution in [3.8, 4) is 0 Å². The lowest BCUT2D eigenvalue weighted by atomic mass is 10.0. The summed E-state index contributed by atoms with van der Waals surface area (Å²) in [5, 5.41) is 7.61. The Kier molecular flexibility index (Phi) is 5.01. The van der Waals surface area contributed by atoms with Crippen molar-refractivity contribution in [2.45, 2.75) is 52.0 Å². The fourth-order valence-corrected chi connectivity index (χ4v) is 1.67. The fourth-order valence-electron chi connectivity index (χ4n) is 1.67. The van der Waals surface area contributed by atoms with E-state index in [9.17, 15) is 4.79 Å². The highest BCUT2D eigenvalue weighted by Crippen LogP contribution is 2.15. The topological polar surface area (TPSA) is 47.8 Å². The third kappa shape index (κ3) is 3.81. The Morgan fingerprint density at radius 3 is 2.73 bits per heavy atom. The number of hydrogen-bond donors (Lipinski definition) is 0. The fraction of sp³-hybridized carbons (Fsp3) is 0.727. The molecule has 0 aliphatic carbocycles. The molecule has 0 bridgehead atoms. The van der Waals surface area contributed by atoms with E-state index in [1.54, 1.807) is 24.0 Å². The second kappa shape index (κ2) is 6.32. The van der Waals surface area contributed by atoms with Gasteiger partial charge in [-0.3, -0.25) is 4.79 Å². The van der Waals surface area contributed by atoms with E-state index in [4.69, 9.17) is 0 Å². The van der Waals surface area contributed by atoms with Gasteiger partial charge in [-0.2, -0.15) is 0 Å². The first kappa shape index (κ1) is 11.9. The van der Waals surface area contributed by atoms with Crippen molar-refractivity contribution < 1.29 is 4.79 Å². The van der Waals surface area contributed by atoms with E-state index in [0.717, 1.165) is 12.8 Å². The second-order valence-corrected chi connectivity index (χ2v) is 3.86. The van der Waals surface area contributed by atoms with Crippen LogP contribution in [0.15, 0.2) is 12.4 Å². The highest BCUT2D eigenvalue weighted by molar-refractivity contribution is 5.79. The minimum absolute atomic E-state index is 0.121. The minimum Gasteiger partial charge on any atom is -0.298 e. The lowest BCUT2D eigenvalue weighted by Gasteiger charge is -2.12. The number of hydrogen-bond acceptors (Lipinski definition) is 3. The number of Topliss-reactive ketones (excluding diaryl/α,β-unsaturated/α-hetero) is 1. The van der Waals surface area contributed by atoms with Crippen LogP contribution < -0.4 is 0 Å². The van der Waals surface area contributed by atoms with Crippen LogP contribution in [0.1, 0.15) is 52.0 Å². The summed E-state index contributed by atoms with van der Waals surface area (Å²) in [6.45, 7) is 3.80. The number of ketones is 1. The van der Waals surface area contributed by atoms with Crippen LogP contribution in [0.4, 0.5) is 0 Å². The first-order valence-electron chi connectivity index (χ1n) is 5.62. The van der Waals surface area contributed by atoms with E-state index >= 15 is 0 Å². The molecule has 0 amide bonds. The highest BCUT2D eigenvalue weighted by atomic mass is 16.1. The van der Waals surface area contributed by atoms with E-state index in [1.807, 2.05) is 0 Å². The van der Waals surface area contributed by atoms with Crippen molar-refractivity contribution >= 4 is 5.78 Å². The maximum Gasteiger partial charge on any atom is 0.154 e. The lowest BCUT2D eigenvalue weighted by molar-refractivity contribution is -0.120. The predicted molar refractivity (Wildman–Crippen MR) is 58.5 cm³/mol. The Balaban J connectivity index is 2.42. The number of rotatable bonds is 7. The standard InChI is InChI=1S/C11H19N3O/c1-3-4-5-6-7-11(10(2)15)14-9-8-12-13-14/h8-9,11H,3-7H2,1-2H3. The first-order valence-corrected chi connectivity index (χ1v) is 5.62. The SMILES string of the molecule is CCCCCCC(C(C)=O)n1ccnn1. The van der Waals surface area contributed by atoms with Crippen LogP contribution in [0.2, 0.25) is 0 Å². The molecular weight excluding hydrogens is 190 g/mol. The van der Waals surface area contributed by atoms with Gasteiger partial charge in [0.25, 0.3) is 0 Å². The molecule has 0 radical (unpaired) electrons. The quantitative estimate of drug-likeness (QED) is 0.648. The number of carbonyl (C=O) groups is 1. The summed E-state index contributed by atoms with van der Waals surface area (Å²) in [7, 11) is 0. The Morgan fingerprint density at radius 2 is 2.20 bits per heavy atom. The zero-order chi connectivity index (χ0) is 11.1. The van der Waals surface area contributed by atoms with Crippen LogP contribution >= 0.6 is 0 Å². The number of aromatic nitrogens is 3. The summed E-state index contributed by atoms with van der Waals surface area (Å²) in [6, 6.07) is -0.121. The summed E-state index contributed by atoms with van der Waals surface area (Å²) in [5.41, 5.74) is 0. The molecule has 4 heteroatoms. The first-order chi connectivity index (χ1) is 7.25. The van der Waals surface area contributed by atoms with Gasteiger partial charge in [0.05, 0.1) is 6.20 Å². The molecule has 84 valence electrons. The van der Waals surface area contributed by atoms with Crippen molar-refractivity contribution in [2.24, 2.45) is 0 Å². The predicted octanol–water partition coefficient (Wildman–Crippen LogP) is 2.38.